The lowest BCUT2D eigenvalue weighted by molar-refractivity contribution is -0.274. The van der Waals surface area contributed by atoms with Crippen LogP contribution in [-0.2, 0) is 4.79 Å². The third kappa shape index (κ3) is 14.8. The van der Waals surface area contributed by atoms with Gasteiger partial charge in [-0.25, -0.2) is 9.97 Å². The fraction of sp³-hybridized carbons (Fsp3) is 0.523. The van der Waals surface area contributed by atoms with E-state index in [1.165, 1.54) is 89.2 Å². The number of hydrogen-bond donors (Lipinski definition) is 4. The number of nitrogens with zero attached hydrogens (tertiary/aromatic N) is 3. The van der Waals surface area contributed by atoms with E-state index in [2.05, 4.69) is 66.3 Å². The zero-order chi connectivity index (χ0) is 40.2. The van der Waals surface area contributed by atoms with Gasteiger partial charge >= 0.3 is 6.36 Å². The molecule has 0 aliphatic heterocycles. The van der Waals surface area contributed by atoms with Gasteiger partial charge in [-0.3, -0.25) is 4.79 Å². The highest BCUT2D eigenvalue weighted by Crippen LogP contribution is 2.42. The van der Waals surface area contributed by atoms with Gasteiger partial charge in [0.15, 0.2) is 5.75 Å². The van der Waals surface area contributed by atoms with Crippen LogP contribution in [0.2, 0.25) is 0 Å². The van der Waals surface area contributed by atoms with Crippen LogP contribution >= 0.6 is 0 Å². The number of benzene rings is 2. The van der Waals surface area contributed by atoms with Crippen molar-refractivity contribution in [2.45, 2.75) is 128 Å². The van der Waals surface area contributed by atoms with Crippen LogP contribution in [0.1, 0.15) is 122 Å². The molecule has 0 radical (unpaired) electrons. The number of halogens is 3. The molecule has 1 aliphatic carbocycles. The predicted octanol–water partition coefficient (Wildman–Crippen LogP) is 12.3. The molecule has 0 spiro atoms. The number of para-hydroxylation sites is 1. The number of rotatable bonds is 24. The van der Waals surface area contributed by atoms with Crippen molar-refractivity contribution in [1.82, 2.24) is 19.9 Å². The number of hydrogen-bond acceptors (Lipinski definition) is 7. The highest BCUT2D eigenvalue weighted by molar-refractivity contribution is 6.02. The largest absolute Gasteiger partial charge is 0.573 e. The highest BCUT2D eigenvalue weighted by Gasteiger charge is 2.33. The summed E-state index contributed by atoms with van der Waals surface area (Å²) in [6.07, 6.45) is 20.7. The van der Waals surface area contributed by atoms with Gasteiger partial charge in [0.1, 0.15) is 0 Å². The maximum absolute atomic E-state index is 13.7. The second kappa shape index (κ2) is 23.5. The Morgan fingerprint density at radius 1 is 0.875 bits per heavy atom. The first-order chi connectivity index (χ1) is 27.2. The van der Waals surface area contributed by atoms with Gasteiger partial charge in [-0.05, 0) is 57.6 Å². The number of fused-ring (bicyclic) bond motifs is 1. The van der Waals surface area contributed by atoms with Crippen molar-refractivity contribution in [3.05, 3.63) is 67.5 Å². The Morgan fingerprint density at radius 2 is 1.48 bits per heavy atom. The summed E-state index contributed by atoms with van der Waals surface area (Å²) in [5.74, 6) is -0.898. The van der Waals surface area contributed by atoms with E-state index in [9.17, 15) is 18.0 Å². The minimum Gasteiger partial charge on any atom is -0.403 e. The molecule has 306 valence electrons. The molecule has 2 heterocycles. The lowest BCUT2D eigenvalue weighted by Gasteiger charge is -2.19. The molecule has 1 saturated carbocycles. The summed E-state index contributed by atoms with van der Waals surface area (Å²) in [6.45, 7) is 6.30. The Morgan fingerprint density at radius 3 is 2.07 bits per heavy atom. The Balaban J connectivity index is 0.00000225. The Kier molecular flexibility index (Phi) is 18.5. The van der Waals surface area contributed by atoms with E-state index in [1.54, 1.807) is 12.3 Å². The van der Waals surface area contributed by atoms with Crippen LogP contribution in [0.5, 0.6) is 5.75 Å². The van der Waals surface area contributed by atoms with Crippen molar-refractivity contribution >= 4 is 39.8 Å². The first kappa shape index (κ1) is 44.1. The molecule has 0 saturated heterocycles. The highest BCUT2D eigenvalue weighted by atomic mass is 19.4. The van der Waals surface area contributed by atoms with E-state index in [0.717, 1.165) is 54.6 Å². The predicted molar refractivity (Wildman–Crippen MR) is 225 cm³/mol. The molecule has 0 atom stereocenters. The Bertz CT molecular complexity index is 1790. The van der Waals surface area contributed by atoms with Gasteiger partial charge in [-0.15, -0.1) is 13.2 Å². The Labute approximate surface area is 331 Å². The minimum atomic E-state index is -4.96. The summed E-state index contributed by atoms with van der Waals surface area (Å²) in [5, 5.41) is 12.6. The quantitative estimate of drug-likeness (QED) is 0.0415. The van der Waals surface area contributed by atoms with Crippen LogP contribution in [0, 0.1) is 0 Å². The van der Waals surface area contributed by atoms with E-state index in [0.29, 0.717) is 24.0 Å². The van der Waals surface area contributed by atoms with Gasteiger partial charge in [0.05, 0.1) is 22.8 Å². The SMILES string of the molecule is C=CC(=O)Nc1cc(Nc2nccc(-c3cn(C4CC4)c4ccccc34)n2)c(OC(F)(F)F)cc1NCCCCCCCCCCCCCCCCC.CNC. The standard InChI is InChI=1S/C42H55F3N6O2.C2H7N/c1-3-5-6-7-8-9-10-11-12-13-14-15-16-17-20-26-46-35-29-39(53-42(43,44)45)37(28-36(35)48-40(52)4-2)50-41-47-27-25-34(49-41)33-30-51(31-23-24-31)38-22-19-18-21-32(33)38;1-3-2/h4,18-19,21-22,25,27-31,46H,2-3,5-17,20,23-24,26H2,1H3,(H,48,52)(H,47,49,50);3H,1-2H3. The number of alkyl halides is 3. The van der Waals surface area contributed by atoms with Crippen LogP contribution in [-0.4, -0.2) is 47.4 Å². The monoisotopic (exact) mass is 777 g/mol. The van der Waals surface area contributed by atoms with Crippen LogP contribution in [0.15, 0.2) is 67.5 Å². The molecule has 1 amide bonds. The van der Waals surface area contributed by atoms with Gasteiger partial charge < -0.3 is 30.6 Å². The van der Waals surface area contributed by atoms with Crippen molar-refractivity contribution in [2.75, 3.05) is 36.6 Å². The minimum absolute atomic E-state index is 0.0585. The number of unbranched alkanes of at least 4 members (excludes halogenated alkanes) is 14. The molecule has 1 fully saturated rings. The summed E-state index contributed by atoms with van der Waals surface area (Å²) in [5.41, 5.74) is 3.15. The molecular weight excluding hydrogens is 716 g/mol. The van der Waals surface area contributed by atoms with Crippen molar-refractivity contribution in [2.24, 2.45) is 0 Å². The van der Waals surface area contributed by atoms with Crippen LogP contribution < -0.4 is 26.0 Å². The topological polar surface area (TPSA) is 105 Å². The normalized spacial score (nSPS) is 12.5. The molecule has 9 nitrogen and oxygen atoms in total. The summed E-state index contributed by atoms with van der Waals surface area (Å²) in [7, 11) is 3.75. The lowest BCUT2D eigenvalue weighted by atomic mass is 10.0. The molecule has 12 heteroatoms. The zero-order valence-corrected chi connectivity index (χ0v) is 33.6. The fourth-order valence-electron chi connectivity index (χ4n) is 6.79. The average Bonchev–Trinajstić information content (AvgIpc) is 3.95. The van der Waals surface area contributed by atoms with E-state index in [4.69, 9.17) is 0 Å². The molecule has 4 N–H and O–H groups in total. The molecule has 1 aliphatic rings. The third-order valence-electron chi connectivity index (χ3n) is 9.74. The van der Waals surface area contributed by atoms with Crippen LogP contribution in [0.4, 0.5) is 36.2 Å². The number of ether oxygens (including phenoxy) is 1. The number of carbonyl (C=O) groups is 1. The van der Waals surface area contributed by atoms with Gasteiger partial charge in [0.2, 0.25) is 11.9 Å². The molecule has 5 rings (SSSR count). The number of carbonyl (C=O) groups excluding carboxylic acids is 1. The maximum Gasteiger partial charge on any atom is 0.573 e. The summed E-state index contributed by atoms with van der Waals surface area (Å²) in [4.78, 5) is 21.4. The number of amides is 1. The van der Waals surface area contributed by atoms with Gasteiger partial charge in [-0.2, -0.15) is 0 Å². The van der Waals surface area contributed by atoms with Crippen LogP contribution in [0.25, 0.3) is 22.2 Å². The van der Waals surface area contributed by atoms with Crippen LogP contribution in [0.3, 0.4) is 0 Å². The van der Waals surface area contributed by atoms with Gasteiger partial charge in [0.25, 0.3) is 0 Å². The smallest absolute Gasteiger partial charge is 0.403 e. The molecule has 56 heavy (non-hydrogen) atoms. The molecule has 2 aromatic carbocycles. The van der Waals surface area contributed by atoms with E-state index >= 15 is 0 Å². The second-order valence-corrected chi connectivity index (χ2v) is 14.6. The van der Waals surface area contributed by atoms with E-state index in [-0.39, 0.29) is 17.3 Å². The van der Waals surface area contributed by atoms with Gasteiger partial charge in [-0.1, -0.05) is 122 Å². The zero-order valence-electron chi connectivity index (χ0n) is 33.6. The van der Waals surface area contributed by atoms with Crippen molar-refractivity contribution in [3.8, 4) is 17.0 Å². The summed E-state index contributed by atoms with van der Waals surface area (Å²) in [6, 6.07) is 12.9. The van der Waals surface area contributed by atoms with Crippen molar-refractivity contribution < 1.29 is 22.7 Å². The summed E-state index contributed by atoms with van der Waals surface area (Å²) >= 11 is 0. The molecular formula is C44H62F3N7O2. The molecule has 0 unspecified atom stereocenters. The molecule has 0 bridgehead atoms. The Hall–Kier alpha value is -4.58. The first-order valence-corrected chi connectivity index (χ1v) is 20.6. The maximum atomic E-state index is 13.7. The van der Waals surface area contributed by atoms with E-state index < -0.39 is 18.0 Å². The first-order valence-electron chi connectivity index (χ1n) is 20.6. The fourth-order valence-corrected chi connectivity index (χ4v) is 6.79. The van der Waals surface area contributed by atoms with Crippen molar-refractivity contribution in [1.29, 1.82) is 0 Å². The number of aromatic nitrogens is 3. The summed E-state index contributed by atoms with van der Waals surface area (Å²) < 4.78 is 47.8. The van der Waals surface area contributed by atoms with Crippen molar-refractivity contribution in [3.63, 3.8) is 0 Å². The van der Waals surface area contributed by atoms with E-state index in [1.807, 2.05) is 32.3 Å². The number of anilines is 4. The molecule has 4 aromatic rings. The second-order valence-electron chi connectivity index (χ2n) is 14.6. The number of nitrogens with one attached hydrogen (secondary N) is 4. The lowest BCUT2D eigenvalue weighted by Crippen LogP contribution is -2.19. The average molecular weight is 778 g/mol. The van der Waals surface area contributed by atoms with Gasteiger partial charge in [0, 0.05) is 47.5 Å². The third-order valence-corrected chi connectivity index (χ3v) is 9.74. The molecule has 2 aromatic heterocycles.